The van der Waals surface area contributed by atoms with Gasteiger partial charge in [-0.1, -0.05) is 12.1 Å². The number of sulfonamides is 1. The highest BCUT2D eigenvalue weighted by Gasteiger charge is 2.21. The fraction of sp³-hybridized carbons (Fsp3) is 0.143. The molecule has 2 aromatic rings. The number of hydrogen-bond donors (Lipinski definition) is 1. The lowest BCUT2D eigenvalue weighted by atomic mass is 10.2. The Balaban J connectivity index is 2.21. The first kappa shape index (κ1) is 15.0. The lowest BCUT2D eigenvalue weighted by Gasteiger charge is -2.17. The molecule has 0 saturated heterocycles. The zero-order chi connectivity index (χ0) is 15.5. The molecule has 21 heavy (non-hydrogen) atoms. The van der Waals surface area contributed by atoms with Crippen LogP contribution < -0.4 is 5.73 Å². The maximum absolute atomic E-state index is 12.4. The van der Waals surface area contributed by atoms with Crippen LogP contribution in [0.25, 0.3) is 0 Å². The second-order valence-corrected chi connectivity index (χ2v) is 6.54. The number of nitrogens with zero attached hydrogens (tertiary/aromatic N) is 3. The highest BCUT2D eigenvalue weighted by molar-refractivity contribution is 7.89. The monoisotopic (exact) mass is 302 g/mol. The van der Waals surface area contributed by atoms with Gasteiger partial charge in [-0.05, 0) is 29.8 Å². The van der Waals surface area contributed by atoms with Crippen LogP contribution in [0.15, 0.2) is 47.5 Å². The number of nitrogens with two attached hydrogens (primary N) is 1. The molecular weight excluding hydrogens is 288 g/mol. The van der Waals surface area contributed by atoms with Gasteiger partial charge in [0.05, 0.1) is 0 Å². The lowest BCUT2D eigenvalue weighted by Crippen LogP contribution is -2.26. The smallest absolute Gasteiger partial charge is 0.244 e. The Morgan fingerprint density at radius 2 is 1.90 bits per heavy atom. The first-order valence-corrected chi connectivity index (χ1v) is 7.54. The molecule has 0 spiro atoms. The summed E-state index contributed by atoms with van der Waals surface area (Å²) in [6.45, 7) is 0.225. The van der Waals surface area contributed by atoms with Crippen LogP contribution in [0.1, 0.15) is 11.3 Å². The number of nitriles is 1. The van der Waals surface area contributed by atoms with Crippen LogP contribution in [0.4, 0.5) is 5.69 Å². The van der Waals surface area contributed by atoms with Crippen LogP contribution in [0.3, 0.4) is 0 Å². The average Bonchev–Trinajstić information content (AvgIpc) is 2.49. The van der Waals surface area contributed by atoms with Crippen LogP contribution in [-0.2, 0) is 16.6 Å². The van der Waals surface area contributed by atoms with Gasteiger partial charge in [0.2, 0.25) is 10.0 Å². The third-order valence-corrected chi connectivity index (χ3v) is 4.73. The lowest BCUT2D eigenvalue weighted by molar-refractivity contribution is 0.466. The van der Waals surface area contributed by atoms with E-state index in [1.807, 2.05) is 6.07 Å². The first-order valence-electron chi connectivity index (χ1n) is 6.10. The van der Waals surface area contributed by atoms with Gasteiger partial charge in [0.25, 0.3) is 0 Å². The first-order chi connectivity index (χ1) is 9.93. The second kappa shape index (κ2) is 5.91. The summed E-state index contributed by atoms with van der Waals surface area (Å²) >= 11 is 0. The maximum atomic E-state index is 12.4. The molecule has 6 nitrogen and oxygen atoms in total. The van der Waals surface area contributed by atoms with E-state index in [0.717, 1.165) is 5.56 Å². The highest BCUT2D eigenvalue weighted by Crippen LogP contribution is 2.16. The van der Waals surface area contributed by atoms with Crippen molar-refractivity contribution >= 4 is 15.7 Å². The van der Waals surface area contributed by atoms with Gasteiger partial charge in [-0.3, -0.25) is 0 Å². The molecule has 0 aliphatic heterocycles. The van der Waals surface area contributed by atoms with Crippen LogP contribution in [0.5, 0.6) is 0 Å². The summed E-state index contributed by atoms with van der Waals surface area (Å²) in [5.41, 5.74) is 7.23. The Labute approximate surface area is 123 Å². The van der Waals surface area contributed by atoms with Crippen molar-refractivity contribution < 1.29 is 8.42 Å². The number of aromatic nitrogens is 1. The van der Waals surface area contributed by atoms with Crippen molar-refractivity contribution in [1.29, 1.82) is 5.26 Å². The van der Waals surface area contributed by atoms with Gasteiger partial charge in [0.15, 0.2) is 0 Å². The Morgan fingerprint density at radius 3 is 2.43 bits per heavy atom. The predicted octanol–water partition coefficient (Wildman–Crippen LogP) is 1.36. The zero-order valence-electron chi connectivity index (χ0n) is 11.4. The van der Waals surface area contributed by atoms with Gasteiger partial charge in [-0.15, -0.1) is 0 Å². The standard InChI is InChI=1S/C14H14N4O2S/c1-18(10-11-2-4-12(16)5-3-11)21(19,20)14-7-6-13(8-15)17-9-14/h2-7,9H,10,16H2,1H3. The van der Waals surface area contributed by atoms with E-state index in [1.54, 1.807) is 24.3 Å². The van der Waals surface area contributed by atoms with Gasteiger partial charge in [-0.25, -0.2) is 13.4 Å². The van der Waals surface area contributed by atoms with Crippen molar-refractivity contribution in [2.45, 2.75) is 11.4 Å². The number of benzene rings is 1. The van der Waals surface area contributed by atoms with E-state index in [-0.39, 0.29) is 17.1 Å². The Kier molecular flexibility index (Phi) is 4.21. The molecule has 2 N–H and O–H groups in total. The Hall–Kier alpha value is -2.43. The van der Waals surface area contributed by atoms with Crippen molar-refractivity contribution in [3.8, 4) is 6.07 Å². The zero-order valence-corrected chi connectivity index (χ0v) is 12.2. The fourth-order valence-electron chi connectivity index (χ4n) is 1.74. The van der Waals surface area contributed by atoms with E-state index in [0.29, 0.717) is 5.69 Å². The summed E-state index contributed by atoms with van der Waals surface area (Å²) in [5, 5.41) is 8.68. The second-order valence-electron chi connectivity index (χ2n) is 4.49. The van der Waals surface area contributed by atoms with Gasteiger partial charge in [0, 0.05) is 25.5 Å². The molecule has 1 aromatic carbocycles. The molecule has 0 unspecified atom stereocenters. The molecule has 7 heteroatoms. The van der Waals surface area contributed by atoms with E-state index in [1.165, 1.54) is 29.7 Å². The van der Waals surface area contributed by atoms with E-state index in [9.17, 15) is 8.42 Å². The molecule has 0 fully saturated rings. The molecule has 0 aliphatic rings. The summed E-state index contributed by atoms with van der Waals surface area (Å²) < 4.78 is 26.0. The molecule has 0 bridgehead atoms. The van der Waals surface area contributed by atoms with E-state index >= 15 is 0 Å². The molecule has 0 radical (unpaired) electrons. The fourth-order valence-corrected chi connectivity index (χ4v) is 2.85. The van der Waals surface area contributed by atoms with Crippen LogP contribution in [0, 0.1) is 11.3 Å². The highest BCUT2D eigenvalue weighted by atomic mass is 32.2. The van der Waals surface area contributed by atoms with Crippen LogP contribution >= 0.6 is 0 Å². The molecule has 108 valence electrons. The summed E-state index contributed by atoms with van der Waals surface area (Å²) in [6, 6.07) is 11.6. The molecule has 1 heterocycles. The Bertz CT molecular complexity index is 762. The SMILES string of the molecule is CN(Cc1ccc(N)cc1)S(=O)(=O)c1ccc(C#N)nc1. The van der Waals surface area contributed by atoms with Crippen LogP contribution in [-0.4, -0.2) is 24.8 Å². The molecule has 0 saturated carbocycles. The predicted molar refractivity (Wildman–Crippen MR) is 78.5 cm³/mol. The summed E-state index contributed by atoms with van der Waals surface area (Å²) in [6.07, 6.45) is 1.19. The largest absolute Gasteiger partial charge is 0.399 e. The topological polar surface area (TPSA) is 100 Å². The third-order valence-electron chi connectivity index (χ3n) is 2.94. The van der Waals surface area contributed by atoms with Crippen molar-refractivity contribution in [1.82, 2.24) is 9.29 Å². The minimum Gasteiger partial charge on any atom is -0.399 e. The number of rotatable bonds is 4. The van der Waals surface area contributed by atoms with Crippen LogP contribution in [0.2, 0.25) is 0 Å². The normalized spacial score (nSPS) is 11.3. The number of nitrogen functional groups attached to an aromatic ring is 1. The van der Waals surface area contributed by atoms with Gasteiger partial charge in [0.1, 0.15) is 16.7 Å². The van der Waals surface area contributed by atoms with E-state index in [4.69, 9.17) is 11.0 Å². The number of anilines is 1. The third kappa shape index (κ3) is 3.37. The molecule has 0 aliphatic carbocycles. The molecule has 1 aromatic heterocycles. The van der Waals surface area contributed by atoms with Crippen molar-refractivity contribution in [2.24, 2.45) is 0 Å². The summed E-state index contributed by atoms with van der Waals surface area (Å²) in [4.78, 5) is 3.84. The average molecular weight is 302 g/mol. The minimum absolute atomic E-state index is 0.0550. The van der Waals surface area contributed by atoms with Gasteiger partial charge >= 0.3 is 0 Å². The number of pyridine rings is 1. The van der Waals surface area contributed by atoms with Gasteiger partial charge < -0.3 is 5.73 Å². The van der Waals surface area contributed by atoms with Gasteiger partial charge in [-0.2, -0.15) is 9.57 Å². The quantitative estimate of drug-likeness (QED) is 0.859. The maximum Gasteiger partial charge on any atom is 0.244 e. The summed E-state index contributed by atoms with van der Waals surface area (Å²) in [5.74, 6) is 0. The van der Waals surface area contributed by atoms with E-state index in [2.05, 4.69) is 4.98 Å². The van der Waals surface area contributed by atoms with Crippen molar-refractivity contribution in [3.05, 3.63) is 53.9 Å². The molecule has 0 atom stereocenters. The Morgan fingerprint density at radius 1 is 1.24 bits per heavy atom. The minimum atomic E-state index is -3.64. The summed E-state index contributed by atoms with van der Waals surface area (Å²) in [7, 11) is -2.15. The molecular formula is C14H14N4O2S. The molecule has 0 amide bonds. The molecule has 2 rings (SSSR count). The van der Waals surface area contributed by atoms with E-state index < -0.39 is 10.0 Å². The number of hydrogen-bond acceptors (Lipinski definition) is 5. The van der Waals surface area contributed by atoms with Crippen molar-refractivity contribution in [3.63, 3.8) is 0 Å². The van der Waals surface area contributed by atoms with Crippen molar-refractivity contribution in [2.75, 3.05) is 12.8 Å².